The number of nitrogens with one attached hydrogen (secondary N) is 3. The Hall–Kier alpha value is -3.00. The van der Waals surface area contributed by atoms with Crippen molar-refractivity contribution in [2.45, 2.75) is 32.7 Å². The van der Waals surface area contributed by atoms with Crippen molar-refractivity contribution in [2.75, 3.05) is 6.54 Å². The highest BCUT2D eigenvalue weighted by atomic mass is 32.1. The van der Waals surface area contributed by atoms with E-state index >= 15 is 0 Å². The van der Waals surface area contributed by atoms with Crippen LogP contribution in [-0.2, 0) is 11.2 Å². The molecule has 1 atom stereocenters. The molecule has 0 spiro atoms. The molecule has 0 bridgehead atoms. The number of hydrogen-bond donors (Lipinski definition) is 3. The van der Waals surface area contributed by atoms with Crippen LogP contribution < -0.4 is 16.2 Å². The highest BCUT2D eigenvalue weighted by molar-refractivity contribution is 7.18. The van der Waals surface area contributed by atoms with E-state index < -0.39 is 0 Å². The van der Waals surface area contributed by atoms with Crippen molar-refractivity contribution in [1.29, 1.82) is 0 Å². The third-order valence-corrected chi connectivity index (χ3v) is 6.15. The van der Waals surface area contributed by atoms with E-state index in [0.717, 1.165) is 20.8 Å². The van der Waals surface area contributed by atoms with Crippen LogP contribution in [0.25, 0.3) is 10.2 Å². The van der Waals surface area contributed by atoms with Crippen LogP contribution in [0.2, 0.25) is 0 Å². The molecule has 3 aromatic rings. The van der Waals surface area contributed by atoms with E-state index in [0.29, 0.717) is 29.7 Å². The lowest BCUT2D eigenvalue weighted by Crippen LogP contribution is -2.30. The Morgan fingerprint density at radius 2 is 2.04 bits per heavy atom. The minimum Gasteiger partial charge on any atom is -0.356 e. The molecule has 2 aromatic heterocycles. The number of H-pyrrole nitrogens is 1. The van der Waals surface area contributed by atoms with Crippen LogP contribution in [-0.4, -0.2) is 28.3 Å². The van der Waals surface area contributed by atoms with Gasteiger partial charge in [-0.05, 0) is 31.0 Å². The third-order valence-electron chi connectivity index (χ3n) is 5.05. The average Bonchev–Trinajstić information content (AvgIpc) is 3.12. The van der Waals surface area contributed by atoms with E-state index in [1.54, 1.807) is 6.07 Å². The molecule has 0 radical (unpaired) electrons. The first-order valence-corrected chi connectivity index (χ1v) is 9.91. The molecule has 1 aromatic carbocycles. The fourth-order valence-corrected chi connectivity index (χ4v) is 4.53. The van der Waals surface area contributed by atoms with Crippen molar-refractivity contribution in [2.24, 2.45) is 0 Å². The zero-order chi connectivity index (χ0) is 19.8. The number of benzene rings is 1. The van der Waals surface area contributed by atoms with E-state index in [9.17, 15) is 14.4 Å². The molecule has 4 rings (SSSR count). The van der Waals surface area contributed by atoms with Gasteiger partial charge in [-0.1, -0.05) is 18.2 Å². The molecule has 3 N–H and O–H groups in total. The van der Waals surface area contributed by atoms with Gasteiger partial charge in [0.1, 0.15) is 10.7 Å². The highest BCUT2D eigenvalue weighted by Crippen LogP contribution is 2.27. The van der Waals surface area contributed by atoms with Crippen LogP contribution in [0.5, 0.6) is 0 Å². The smallest absolute Gasteiger partial charge is 0.259 e. The van der Waals surface area contributed by atoms with E-state index in [1.807, 2.05) is 32.0 Å². The molecule has 2 amide bonds. The Bertz CT molecular complexity index is 1150. The van der Waals surface area contributed by atoms with Gasteiger partial charge in [-0.2, -0.15) is 0 Å². The number of fused-ring (bicyclic) bond motifs is 2. The number of nitrogens with zero attached hydrogens (tertiary/aromatic N) is 1. The summed E-state index contributed by atoms with van der Waals surface area (Å²) in [5, 5.41) is 6.32. The molecule has 144 valence electrons. The molecule has 0 saturated carbocycles. The summed E-state index contributed by atoms with van der Waals surface area (Å²) < 4.78 is 0. The third kappa shape index (κ3) is 3.31. The van der Waals surface area contributed by atoms with Crippen LogP contribution >= 0.6 is 11.3 Å². The fourth-order valence-electron chi connectivity index (χ4n) is 3.48. The van der Waals surface area contributed by atoms with Gasteiger partial charge in [0.15, 0.2) is 0 Å². The number of aromatic amines is 1. The molecule has 7 nitrogen and oxygen atoms in total. The Morgan fingerprint density at radius 1 is 1.25 bits per heavy atom. The number of amides is 2. The number of rotatable bonds is 5. The van der Waals surface area contributed by atoms with Crippen LogP contribution in [0.3, 0.4) is 0 Å². The summed E-state index contributed by atoms with van der Waals surface area (Å²) in [7, 11) is 0. The van der Waals surface area contributed by atoms with E-state index in [1.165, 1.54) is 11.3 Å². The Balaban J connectivity index is 1.37. The van der Waals surface area contributed by atoms with Gasteiger partial charge in [0.2, 0.25) is 5.91 Å². The van der Waals surface area contributed by atoms with E-state index in [4.69, 9.17) is 0 Å². The van der Waals surface area contributed by atoms with Crippen molar-refractivity contribution < 1.29 is 9.59 Å². The standard InChI is InChI=1S/C20H20N4O3S/c1-10-11(2)28-20-17(10)19(27)23-15(24-20)7-8-21-16(25)9-14-12-5-3-4-6-13(12)18(26)22-14/h3-6,14H,7-9H2,1-2H3,(H,21,25)(H,22,26)(H,23,24,27). The van der Waals surface area contributed by atoms with Gasteiger partial charge in [-0.15, -0.1) is 11.3 Å². The second kappa shape index (κ2) is 7.20. The lowest BCUT2D eigenvalue weighted by Gasteiger charge is -2.11. The molecule has 0 saturated heterocycles. The van der Waals surface area contributed by atoms with Gasteiger partial charge in [-0.25, -0.2) is 4.98 Å². The molecule has 0 fully saturated rings. The second-order valence-corrected chi connectivity index (χ2v) is 8.10. The predicted octanol–water partition coefficient (Wildman–Crippen LogP) is 2.13. The zero-order valence-electron chi connectivity index (χ0n) is 15.6. The normalized spacial score (nSPS) is 15.5. The number of aromatic nitrogens is 2. The summed E-state index contributed by atoms with van der Waals surface area (Å²) in [5.41, 5.74) is 2.30. The molecular formula is C20H20N4O3S. The Labute approximate surface area is 165 Å². The number of hydrogen-bond acceptors (Lipinski definition) is 5. The zero-order valence-corrected chi connectivity index (χ0v) is 16.4. The molecule has 1 aliphatic heterocycles. The lowest BCUT2D eigenvalue weighted by atomic mass is 10.0. The fraction of sp³-hybridized carbons (Fsp3) is 0.300. The maximum absolute atomic E-state index is 12.3. The first-order chi connectivity index (χ1) is 13.4. The van der Waals surface area contributed by atoms with E-state index in [2.05, 4.69) is 20.6 Å². The topological polar surface area (TPSA) is 104 Å². The molecular weight excluding hydrogens is 376 g/mol. The summed E-state index contributed by atoms with van der Waals surface area (Å²) in [5.74, 6) is 0.247. The lowest BCUT2D eigenvalue weighted by molar-refractivity contribution is -0.121. The first kappa shape index (κ1) is 18.4. The van der Waals surface area contributed by atoms with Crippen molar-refractivity contribution in [3.63, 3.8) is 0 Å². The predicted molar refractivity (Wildman–Crippen MR) is 108 cm³/mol. The SMILES string of the molecule is Cc1sc2nc(CCNC(=O)CC3NC(=O)c4ccccc43)[nH]c(=O)c2c1C. The van der Waals surface area contributed by atoms with Gasteiger partial charge < -0.3 is 15.6 Å². The van der Waals surface area contributed by atoms with Crippen molar-refractivity contribution in [3.8, 4) is 0 Å². The molecule has 3 heterocycles. The summed E-state index contributed by atoms with van der Waals surface area (Å²) in [4.78, 5) is 45.6. The number of carbonyl (C=O) groups excluding carboxylic acids is 2. The van der Waals surface area contributed by atoms with Crippen molar-refractivity contribution in [1.82, 2.24) is 20.6 Å². The number of carbonyl (C=O) groups is 2. The molecule has 0 aliphatic carbocycles. The first-order valence-electron chi connectivity index (χ1n) is 9.09. The second-order valence-electron chi connectivity index (χ2n) is 6.89. The maximum atomic E-state index is 12.3. The quantitative estimate of drug-likeness (QED) is 0.615. The average molecular weight is 396 g/mol. The summed E-state index contributed by atoms with van der Waals surface area (Å²) in [6.45, 7) is 4.25. The van der Waals surface area contributed by atoms with Gasteiger partial charge in [0, 0.05) is 23.4 Å². The monoisotopic (exact) mass is 396 g/mol. The molecule has 1 aliphatic rings. The van der Waals surface area contributed by atoms with Crippen LogP contribution in [0.4, 0.5) is 0 Å². The number of aryl methyl sites for hydroxylation is 2. The van der Waals surface area contributed by atoms with Crippen molar-refractivity contribution in [3.05, 3.63) is 62.0 Å². The minimum absolute atomic E-state index is 0.140. The van der Waals surface area contributed by atoms with Crippen LogP contribution in [0, 0.1) is 13.8 Å². The van der Waals surface area contributed by atoms with E-state index in [-0.39, 0.29) is 29.8 Å². The maximum Gasteiger partial charge on any atom is 0.259 e. The Morgan fingerprint density at radius 3 is 2.86 bits per heavy atom. The minimum atomic E-state index is -0.310. The summed E-state index contributed by atoms with van der Waals surface area (Å²) in [6, 6.07) is 6.97. The number of thiophene rings is 1. The molecule has 28 heavy (non-hydrogen) atoms. The summed E-state index contributed by atoms with van der Waals surface area (Å²) in [6.07, 6.45) is 0.607. The van der Waals surface area contributed by atoms with Gasteiger partial charge in [0.25, 0.3) is 11.5 Å². The molecule has 8 heteroatoms. The molecule has 1 unspecified atom stereocenters. The van der Waals surface area contributed by atoms with Crippen LogP contribution in [0.15, 0.2) is 29.1 Å². The van der Waals surface area contributed by atoms with Gasteiger partial charge >= 0.3 is 0 Å². The van der Waals surface area contributed by atoms with Crippen LogP contribution in [0.1, 0.15) is 44.6 Å². The summed E-state index contributed by atoms with van der Waals surface area (Å²) >= 11 is 1.50. The van der Waals surface area contributed by atoms with Crippen molar-refractivity contribution >= 4 is 33.4 Å². The Kier molecular flexibility index (Phi) is 4.72. The van der Waals surface area contributed by atoms with Gasteiger partial charge in [-0.3, -0.25) is 14.4 Å². The highest BCUT2D eigenvalue weighted by Gasteiger charge is 2.29. The largest absolute Gasteiger partial charge is 0.356 e. The van der Waals surface area contributed by atoms with Gasteiger partial charge in [0.05, 0.1) is 17.8 Å².